The van der Waals surface area contributed by atoms with Crippen LogP contribution < -0.4 is 10.2 Å². The summed E-state index contributed by atoms with van der Waals surface area (Å²) in [5, 5.41) is 3.48. The van der Waals surface area contributed by atoms with Gasteiger partial charge >= 0.3 is 0 Å². The van der Waals surface area contributed by atoms with Crippen LogP contribution in [0.2, 0.25) is 0 Å². The number of pyridine rings is 1. The van der Waals surface area contributed by atoms with Crippen LogP contribution in [0.1, 0.15) is 62.0 Å². The number of carbonyl (C=O) groups excluding carboxylic acids is 1. The van der Waals surface area contributed by atoms with Gasteiger partial charge in [0.1, 0.15) is 5.82 Å². The van der Waals surface area contributed by atoms with Crippen LogP contribution in [-0.4, -0.2) is 24.1 Å². The highest BCUT2D eigenvalue weighted by Crippen LogP contribution is 2.40. The van der Waals surface area contributed by atoms with Gasteiger partial charge in [-0.2, -0.15) is 0 Å². The predicted octanol–water partition coefficient (Wildman–Crippen LogP) is 5.15. The van der Waals surface area contributed by atoms with Gasteiger partial charge < -0.3 is 15.0 Å². The first-order valence-electron chi connectivity index (χ1n) is 11.0. The number of benzene rings is 1. The van der Waals surface area contributed by atoms with Gasteiger partial charge in [-0.25, -0.2) is 4.98 Å². The monoisotopic (exact) mass is 391 g/mol. The normalized spacial score (nSPS) is 22.2. The van der Waals surface area contributed by atoms with Gasteiger partial charge in [-0.3, -0.25) is 4.79 Å². The van der Waals surface area contributed by atoms with E-state index in [0.717, 1.165) is 74.5 Å². The van der Waals surface area contributed by atoms with Crippen LogP contribution in [0.25, 0.3) is 0 Å². The Bertz CT molecular complexity index is 885. The minimum absolute atomic E-state index is 0.136. The number of anilines is 3. The molecule has 1 aromatic carbocycles. The highest BCUT2D eigenvalue weighted by atomic mass is 16.5. The molecule has 1 aromatic heterocycles. The maximum Gasteiger partial charge on any atom is 0.230 e. The summed E-state index contributed by atoms with van der Waals surface area (Å²) < 4.78 is 5.72. The van der Waals surface area contributed by atoms with E-state index in [-0.39, 0.29) is 11.8 Å². The number of amides is 1. The summed E-state index contributed by atoms with van der Waals surface area (Å²) >= 11 is 0. The first-order valence-corrected chi connectivity index (χ1v) is 11.0. The van der Waals surface area contributed by atoms with E-state index in [2.05, 4.69) is 34.6 Å². The van der Waals surface area contributed by atoms with Gasteiger partial charge in [-0.15, -0.1) is 0 Å². The van der Waals surface area contributed by atoms with Crippen LogP contribution in [-0.2, 0) is 16.1 Å². The van der Waals surface area contributed by atoms with Crippen molar-refractivity contribution in [2.24, 2.45) is 5.92 Å². The van der Waals surface area contributed by atoms with Crippen molar-refractivity contribution >= 4 is 23.1 Å². The zero-order chi connectivity index (χ0) is 19.6. The Kier molecular flexibility index (Phi) is 5.23. The average Bonchev–Trinajstić information content (AvgIpc) is 2.96. The smallest absolute Gasteiger partial charge is 0.230 e. The lowest BCUT2D eigenvalue weighted by Crippen LogP contribution is -2.36. The number of nitrogens with zero attached hydrogens (tertiary/aromatic N) is 2. The van der Waals surface area contributed by atoms with E-state index in [1.807, 2.05) is 11.0 Å². The molecule has 2 fully saturated rings. The maximum atomic E-state index is 13.6. The summed E-state index contributed by atoms with van der Waals surface area (Å²) in [5.74, 6) is 1.66. The molecule has 2 aliphatic heterocycles. The third kappa shape index (κ3) is 3.76. The van der Waals surface area contributed by atoms with Crippen molar-refractivity contribution in [1.29, 1.82) is 0 Å². The number of hydrogen-bond donors (Lipinski definition) is 1. The number of ether oxygens (including phenoxy) is 1. The molecule has 5 rings (SSSR count). The fourth-order valence-electron chi connectivity index (χ4n) is 4.96. The van der Waals surface area contributed by atoms with Gasteiger partial charge in [0.05, 0.1) is 24.5 Å². The van der Waals surface area contributed by atoms with Gasteiger partial charge in [-0.1, -0.05) is 31.4 Å². The predicted molar refractivity (Wildman–Crippen MR) is 115 cm³/mol. The summed E-state index contributed by atoms with van der Waals surface area (Å²) in [5.41, 5.74) is 4.29. The van der Waals surface area contributed by atoms with Crippen LogP contribution in [0.5, 0.6) is 0 Å². The number of carbonyl (C=O) groups is 1. The SMILES string of the molecule is O=C(C1CCCCC1)N1Cc2cccnc2Nc2ccc(C3CCCOC3)cc21. The van der Waals surface area contributed by atoms with Crippen LogP contribution in [0.4, 0.5) is 17.2 Å². The first kappa shape index (κ1) is 18.6. The molecule has 152 valence electrons. The number of hydrogen-bond acceptors (Lipinski definition) is 4. The molecule has 3 aliphatic rings. The number of nitrogens with one attached hydrogen (secondary N) is 1. The van der Waals surface area contributed by atoms with E-state index in [9.17, 15) is 4.79 Å². The van der Waals surface area contributed by atoms with Crippen LogP contribution in [0.15, 0.2) is 36.5 Å². The largest absolute Gasteiger partial charge is 0.381 e. The zero-order valence-corrected chi connectivity index (χ0v) is 16.9. The highest BCUT2D eigenvalue weighted by Gasteiger charge is 2.31. The summed E-state index contributed by atoms with van der Waals surface area (Å²) in [7, 11) is 0. The van der Waals surface area contributed by atoms with Crippen LogP contribution in [0.3, 0.4) is 0 Å². The third-order valence-electron chi connectivity index (χ3n) is 6.64. The lowest BCUT2D eigenvalue weighted by molar-refractivity contribution is -0.123. The third-order valence-corrected chi connectivity index (χ3v) is 6.64. The molecule has 1 saturated heterocycles. The number of fused-ring (bicyclic) bond motifs is 2. The van der Waals surface area contributed by atoms with Gasteiger partial charge in [-0.05, 0) is 49.4 Å². The fraction of sp³-hybridized carbons (Fsp3) is 0.500. The molecule has 29 heavy (non-hydrogen) atoms. The Morgan fingerprint density at radius 1 is 1.10 bits per heavy atom. The molecule has 1 unspecified atom stereocenters. The molecule has 0 radical (unpaired) electrons. The Morgan fingerprint density at radius 2 is 2.00 bits per heavy atom. The molecule has 2 aromatic rings. The minimum Gasteiger partial charge on any atom is -0.381 e. The van der Waals surface area contributed by atoms with E-state index >= 15 is 0 Å². The Hall–Kier alpha value is -2.40. The van der Waals surface area contributed by atoms with Crippen LogP contribution in [0, 0.1) is 5.92 Å². The molecule has 1 aliphatic carbocycles. The molecular formula is C24H29N3O2. The zero-order valence-electron chi connectivity index (χ0n) is 16.9. The highest BCUT2D eigenvalue weighted by molar-refractivity contribution is 5.99. The van der Waals surface area contributed by atoms with Gasteiger partial charge in [0.2, 0.25) is 5.91 Å². The molecule has 1 saturated carbocycles. The number of aromatic nitrogens is 1. The molecule has 1 amide bonds. The Morgan fingerprint density at radius 3 is 2.83 bits per heavy atom. The van der Waals surface area contributed by atoms with Gasteiger partial charge in [0.15, 0.2) is 0 Å². The minimum atomic E-state index is 0.136. The van der Waals surface area contributed by atoms with E-state index in [1.165, 1.54) is 12.0 Å². The van der Waals surface area contributed by atoms with E-state index in [4.69, 9.17) is 4.74 Å². The Balaban J connectivity index is 1.54. The molecule has 5 heteroatoms. The average molecular weight is 392 g/mol. The summed E-state index contributed by atoms with van der Waals surface area (Å²) in [6.07, 6.45) is 9.63. The molecule has 0 bridgehead atoms. The molecule has 1 atom stereocenters. The molecule has 1 N–H and O–H groups in total. The molecular weight excluding hydrogens is 362 g/mol. The van der Waals surface area contributed by atoms with Crippen molar-refractivity contribution in [3.05, 3.63) is 47.7 Å². The quantitative estimate of drug-likeness (QED) is 0.770. The molecule has 5 nitrogen and oxygen atoms in total. The second-order valence-electron chi connectivity index (χ2n) is 8.59. The topological polar surface area (TPSA) is 54.5 Å². The van der Waals surface area contributed by atoms with Crippen molar-refractivity contribution < 1.29 is 9.53 Å². The Labute approximate surface area is 172 Å². The number of rotatable bonds is 2. The van der Waals surface area contributed by atoms with Gasteiger partial charge in [0.25, 0.3) is 0 Å². The molecule has 3 heterocycles. The van der Waals surface area contributed by atoms with Crippen molar-refractivity contribution in [1.82, 2.24) is 4.98 Å². The van der Waals surface area contributed by atoms with Gasteiger partial charge in [0, 0.05) is 30.2 Å². The lowest BCUT2D eigenvalue weighted by Gasteiger charge is -2.30. The second-order valence-corrected chi connectivity index (χ2v) is 8.59. The van der Waals surface area contributed by atoms with Crippen molar-refractivity contribution in [2.75, 3.05) is 23.4 Å². The lowest BCUT2D eigenvalue weighted by atomic mass is 9.87. The summed E-state index contributed by atoms with van der Waals surface area (Å²) in [6.45, 7) is 2.20. The van der Waals surface area contributed by atoms with Crippen LogP contribution >= 0.6 is 0 Å². The van der Waals surface area contributed by atoms with E-state index in [1.54, 1.807) is 6.20 Å². The van der Waals surface area contributed by atoms with Crippen molar-refractivity contribution in [3.63, 3.8) is 0 Å². The summed E-state index contributed by atoms with van der Waals surface area (Å²) in [6, 6.07) is 10.5. The first-order chi connectivity index (χ1) is 14.3. The second kappa shape index (κ2) is 8.15. The van der Waals surface area contributed by atoms with E-state index in [0.29, 0.717) is 12.5 Å². The maximum absolute atomic E-state index is 13.6. The molecule has 0 spiro atoms. The van der Waals surface area contributed by atoms with E-state index < -0.39 is 0 Å². The fourth-order valence-corrected chi connectivity index (χ4v) is 4.96. The van der Waals surface area contributed by atoms with Crippen molar-refractivity contribution in [3.8, 4) is 0 Å². The standard InChI is InChI=1S/C24H29N3O2/c28-24(17-6-2-1-3-7-17)27-15-19-8-4-12-25-23(19)26-21-11-10-18(14-22(21)27)20-9-5-13-29-16-20/h4,8,10-12,14,17,20H,1-3,5-7,9,13,15-16H2,(H,25,26). The van der Waals surface area contributed by atoms with Crippen molar-refractivity contribution in [2.45, 2.75) is 57.4 Å². The summed E-state index contributed by atoms with van der Waals surface area (Å²) in [4.78, 5) is 20.2.